The largest absolute Gasteiger partial charge is 0.494 e. The van der Waals surface area contributed by atoms with Crippen LogP contribution in [0.2, 0.25) is 5.02 Å². The normalized spacial score (nSPS) is 13.2. The van der Waals surface area contributed by atoms with Gasteiger partial charge in [-0.15, -0.1) is 10.2 Å². The zero-order chi connectivity index (χ0) is 27.4. The maximum atomic E-state index is 13.7. The van der Waals surface area contributed by atoms with E-state index in [1.54, 1.807) is 49.1 Å². The Balaban J connectivity index is 1.82. The van der Waals surface area contributed by atoms with Crippen molar-refractivity contribution in [1.82, 2.24) is 34.5 Å². The Bertz CT molecular complexity index is 1480. The quantitative estimate of drug-likeness (QED) is 0.289. The van der Waals surface area contributed by atoms with Crippen LogP contribution < -0.4 is 14.2 Å². The van der Waals surface area contributed by atoms with Gasteiger partial charge in [-0.2, -0.15) is 5.10 Å². The molecule has 15 heteroatoms. The highest BCUT2D eigenvalue weighted by Gasteiger charge is 2.35. The van der Waals surface area contributed by atoms with Crippen LogP contribution in [-0.4, -0.2) is 69.0 Å². The van der Waals surface area contributed by atoms with Gasteiger partial charge in [0.15, 0.2) is 11.6 Å². The number of aryl methyl sites for hydroxylation is 1. The van der Waals surface area contributed by atoms with Crippen molar-refractivity contribution in [3.05, 3.63) is 53.7 Å². The van der Waals surface area contributed by atoms with Crippen LogP contribution in [0, 0.1) is 0 Å². The van der Waals surface area contributed by atoms with Crippen LogP contribution >= 0.6 is 11.6 Å². The molecule has 0 saturated carbocycles. The number of halogens is 1. The molecule has 0 aliphatic carbocycles. The highest BCUT2D eigenvalue weighted by atomic mass is 35.5. The Morgan fingerprint density at radius 3 is 2.29 bits per heavy atom. The molecule has 13 nitrogen and oxygen atoms in total. The summed E-state index contributed by atoms with van der Waals surface area (Å²) in [4.78, 5) is 8.32. The molecule has 1 N–H and O–H groups in total. The number of rotatable bonds is 11. The van der Waals surface area contributed by atoms with Gasteiger partial charge >= 0.3 is 0 Å². The fourth-order valence-electron chi connectivity index (χ4n) is 3.77. The smallest absolute Gasteiger partial charge is 0.243 e. The molecule has 0 radical (unpaired) electrons. The van der Waals surface area contributed by atoms with E-state index in [2.05, 4.69) is 30.0 Å². The molecule has 3 aromatic heterocycles. The second-order valence-electron chi connectivity index (χ2n) is 8.06. The number of para-hydroxylation sites is 1. The topological polar surface area (TPSA) is 148 Å². The lowest BCUT2D eigenvalue weighted by Crippen LogP contribution is -2.34. The van der Waals surface area contributed by atoms with Gasteiger partial charge < -0.3 is 14.2 Å². The predicted molar refractivity (Wildman–Crippen MR) is 140 cm³/mol. The lowest BCUT2D eigenvalue weighted by atomic mass is 10.2. The van der Waals surface area contributed by atoms with Gasteiger partial charge in [0.25, 0.3) is 0 Å². The summed E-state index contributed by atoms with van der Waals surface area (Å²) in [6.45, 7) is 3.47. The number of benzene rings is 1. The highest BCUT2D eigenvalue weighted by molar-refractivity contribution is 7.93. The van der Waals surface area contributed by atoms with Crippen LogP contribution in [0.5, 0.6) is 11.5 Å². The third-order valence-electron chi connectivity index (χ3n) is 5.62. The average Bonchev–Trinajstić information content (AvgIpc) is 3.52. The number of hydrogen-bond acceptors (Lipinski definition) is 10. The molecule has 4 aromatic rings. The van der Waals surface area contributed by atoms with Crippen LogP contribution in [-0.2, 0) is 21.8 Å². The second-order valence-corrected chi connectivity index (χ2v) is 10.5. The van der Waals surface area contributed by atoms with E-state index < -0.39 is 21.4 Å². The van der Waals surface area contributed by atoms with Crippen LogP contribution in [0.1, 0.15) is 25.8 Å². The van der Waals surface area contributed by atoms with E-state index in [4.69, 9.17) is 25.8 Å². The molecule has 202 valence electrons. The number of anilines is 1. The van der Waals surface area contributed by atoms with E-state index >= 15 is 0 Å². The standard InChI is InChI=1S/C23H27ClN8O5S/c1-6-37-20(21-25-12-15(24)13-26-21)14(2)38(33,34)30-23-28-27-22(16-10-11-31(3)29-16)32(23)19-17(35-4)8-7-9-18(19)36-5/h7-14,20H,6H2,1-5H3,(H,28,30)/t14-,20-/m0/s1. The summed E-state index contributed by atoms with van der Waals surface area (Å²) in [5.41, 5.74) is 0.837. The monoisotopic (exact) mass is 562 g/mol. The van der Waals surface area contributed by atoms with Crippen molar-refractivity contribution in [2.45, 2.75) is 25.2 Å². The van der Waals surface area contributed by atoms with Crippen molar-refractivity contribution >= 4 is 27.6 Å². The molecule has 4 rings (SSSR count). The summed E-state index contributed by atoms with van der Waals surface area (Å²) in [6, 6.07) is 6.90. The van der Waals surface area contributed by atoms with Crippen molar-refractivity contribution in [3.8, 4) is 28.7 Å². The molecule has 38 heavy (non-hydrogen) atoms. The maximum Gasteiger partial charge on any atom is 0.243 e. The molecule has 0 amide bonds. The van der Waals surface area contributed by atoms with Crippen molar-refractivity contribution in [2.75, 3.05) is 25.5 Å². The van der Waals surface area contributed by atoms with Gasteiger partial charge in [-0.25, -0.2) is 18.4 Å². The summed E-state index contributed by atoms with van der Waals surface area (Å²) in [6.07, 6.45) is 3.51. The minimum Gasteiger partial charge on any atom is -0.494 e. The van der Waals surface area contributed by atoms with E-state index in [1.165, 1.54) is 38.1 Å². The minimum absolute atomic E-state index is 0.104. The number of methoxy groups -OCH3 is 2. The summed E-state index contributed by atoms with van der Waals surface area (Å²) in [5.74, 6) is 1.14. The Labute approximate surface area is 224 Å². The van der Waals surface area contributed by atoms with E-state index in [1.807, 2.05) is 0 Å². The fourth-order valence-corrected chi connectivity index (χ4v) is 4.96. The molecule has 0 saturated heterocycles. The van der Waals surface area contributed by atoms with Gasteiger partial charge in [0.05, 0.1) is 19.2 Å². The molecular weight excluding hydrogens is 536 g/mol. The molecule has 3 heterocycles. The van der Waals surface area contributed by atoms with E-state index in [9.17, 15) is 8.42 Å². The molecule has 1 aromatic carbocycles. The number of nitrogens with zero attached hydrogens (tertiary/aromatic N) is 7. The first-order valence-electron chi connectivity index (χ1n) is 11.5. The van der Waals surface area contributed by atoms with Gasteiger partial charge in [0.2, 0.25) is 16.0 Å². The SMILES string of the molecule is CCO[C@H](c1ncc(Cl)cn1)[C@H](C)S(=O)(=O)Nc1nnc(-c2ccn(C)n2)n1-c1c(OC)cccc1OC. The summed E-state index contributed by atoms with van der Waals surface area (Å²) >= 11 is 5.91. The predicted octanol–water partition coefficient (Wildman–Crippen LogP) is 3.04. The Morgan fingerprint density at radius 2 is 1.74 bits per heavy atom. The third kappa shape index (κ3) is 5.42. The minimum atomic E-state index is -4.14. The number of hydrogen-bond donors (Lipinski definition) is 1. The number of ether oxygens (including phenoxy) is 3. The number of nitrogens with one attached hydrogen (secondary N) is 1. The number of sulfonamides is 1. The van der Waals surface area contributed by atoms with Crippen LogP contribution in [0.15, 0.2) is 42.9 Å². The zero-order valence-electron chi connectivity index (χ0n) is 21.4. The third-order valence-corrected chi connectivity index (χ3v) is 7.51. The van der Waals surface area contributed by atoms with Crippen molar-refractivity contribution in [1.29, 1.82) is 0 Å². The van der Waals surface area contributed by atoms with Gasteiger partial charge in [0.1, 0.15) is 34.2 Å². The zero-order valence-corrected chi connectivity index (χ0v) is 22.9. The first-order chi connectivity index (χ1) is 18.2. The number of aromatic nitrogens is 7. The first kappa shape index (κ1) is 27.3. The van der Waals surface area contributed by atoms with Crippen LogP contribution in [0.25, 0.3) is 17.2 Å². The van der Waals surface area contributed by atoms with Gasteiger partial charge in [-0.1, -0.05) is 17.7 Å². The summed E-state index contributed by atoms with van der Waals surface area (Å²) in [5, 5.41) is 12.0. The van der Waals surface area contributed by atoms with E-state index in [0.29, 0.717) is 27.9 Å². The Kier molecular flexibility index (Phi) is 8.14. The van der Waals surface area contributed by atoms with Crippen LogP contribution in [0.4, 0.5) is 5.95 Å². The molecule has 2 atom stereocenters. The Hall–Kier alpha value is -3.75. The summed E-state index contributed by atoms with van der Waals surface area (Å²) in [7, 11) is 0.599. The van der Waals surface area contributed by atoms with E-state index in [0.717, 1.165) is 0 Å². The molecule has 0 bridgehead atoms. The molecule has 0 aliphatic rings. The van der Waals surface area contributed by atoms with E-state index in [-0.39, 0.29) is 24.2 Å². The van der Waals surface area contributed by atoms with Crippen molar-refractivity contribution in [2.24, 2.45) is 7.05 Å². The maximum absolute atomic E-state index is 13.7. The van der Waals surface area contributed by atoms with Crippen molar-refractivity contribution in [3.63, 3.8) is 0 Å². The molecule has 0 unspecified atom stereocenters. The van der Waals surface area contributed by atoms with Gasteiger partial charge in [-0.05, 0) is 32.0 Å². The lowest BCUT2D eigenvalue weighted by Gasteiger charge is -2.23. The summed E-state index contributed by atoms with van der Waals surface area (Å²) < 4.78 is 49.8. The second kappa shape index (κ2) is 11.3. The Morgan fingerprint density at radius 1 is 1.08 bits per heavy atom. The first-order valence-corrected chi connectivity index (χ1v) is 13.4. The molecule has 0 spiro atoms. The van der Waals surface area contributed by atoms with Crippen LogP contribution in [0.3, 0.4) is 0 Å². The molecule has 0 aliphatic heterocycles. The average molecular weight is 563 g/mol. The molecular formula is C23H27ClN8O5S. The lowest BCUT2D eigenvalue weighted by molar-refractivity contribution is 0.0558. The fraction of sp³-hybridized carbons (Fsp3) is 0.348. The van der Waals surface area contributed by atoms with Gasteiger partial charge in [-0.3, -0.25) is 14.0 Å². The molecule has 0 fully saturated rings. The van der Waals surface area contributed by atoms with Crippen molar-refractivity contribution < 1.29 is 22.6 Å². The van der Waals surface area contributed by atoms with Gasteiger partial charge in [0, 0.05) is 32.2 Å². The highest BCUT2D eigenvalue weighted by Crippen LogP contribution is 2.37.